The Bertz CT molecular complexity index is 462. The van der Waals surface area contributed by atoms with Gasteiger partial charge in [0.15, 0.2) is 0 Å². The van der Waals surface area contributed by atoms with E-state index in [4.69, 9.17) is 0 Å². The van der Waals surface area contributed by atoms with Gasteiger partial charge in [-0.05, 0) is 83.2 Å². The molecule has 2 heterocycles. The van der Waals surface area contributed by atoms with Gasteiger partial charge in [0.1, 0.15) is 0 Å². The van der Waals surface area contributed by atoms with Crippen molar-refractivity contribution in [3.63, 3.8) is 0 Å². The molecule has 3 nitrogen and oxygen atoms in total. The molecule has 2 aliphatic rings. The highest BCUT2D eigenvalue weighted by Gasteiger charge is 2.43. The van der Waals surface area contributed by atoms with Gasteiger partial charge < -0.3 is 5.32 Å². The topological polar surface area (TPSA) is 28.2 Å². The van der Waals surface area contributed by atoms with Crippen molar-refractivity contribution in [2.24, 2.45) is 5.92 Å². The summed E-state index contributed by atoms with van der Waals surface area (Å²) < 4.78 is 2.16. The highest BCUT2D eigenvalue weighted by molar-refractivity contribution is 9.11. The molecule has 5 heteroatoms. The number of hydrogen-bond acceptors (Lipinski definition) is 3. The van der Waals surface area contributed by atoms with Crippen molar-refractivity contribution < 1.29 is 0 Å². The van der Waals surface area contributed by atoms with Crippen LogP contribution in [0.25, 0.3) is 0 Å². The van der Waals surface area contributed by atoms with Crippen molar-refractivity contribution in [3.8, 4) is 0 Å². The first kappa shape index (κ1) is 14.0. The zero-order valence-electron chi connectivity index (χ0n) is 11.1. The lowest BCUT2D eigenvalue weighted by Crippen LogP contribution is -2.31. The Morgan fingerprint density at radius 3 is 2.79 bits per heavy atom. The zero-order valence-corrected chi connectivity index (χ0v) is 14.2. The average Bonchev–Trinajstić information content (AvgIpc) is 3.13. The fourth-order valence-electron chi connectivity index (χ4n) is 3.20. The van der Waals surface area contributed by atoms with Crippen LogP contribution in [-0.4, -0.2) is 36.1 Å². The van der Waals surface area contributed by atoms with E-state index < -0.39 is 0 Å². The van der Waals surface area contributed by atoms with E-state index in [0.717, 1.165) is 21.5 Å². The second-order valence-electron chi connectivity index (χ2n) is 5.54. The summed E-state index contributed by atoms with van der Waals surface area (Å²) in [5.41, 5.74) is 1.20. The monoisotopic (exact) mass is 387 g/mol. The number of nitrogens with one attached hydrogen (secondary N) is 1. The lowest BCUT2D eigenvalue weighted by Gasteiger charge is -2.28. The maximum atomic E-state index is 4.69. The van der Waals surface area contributed by atoms with Gasteiger partial charge in [0.25, 0.3) is 0 Å². The van der Waals surface area contributed by atoms with Gasteiger partial charge in [-0.15, -0.1) is 0 Å². The molecule has 1 N–H and O–H groups in total. The predicted molar refractivity (Wildman–Crippen MR) is 84.1 cm³/mol. The van der Waals surface area contributed by atoms with Gasteiger partial charge in [-0.25, -0.2) is 0 Å². The van der Waals surface area contributed by atoms with Crippen LogP contribution in [0, 0.1) is 5.92 Å². The van der Waals surface area contributed by atoms with E-state index >= 15 is 0 Å². The summed E-state index contributed by atoms with van der Waals surface area (Å²) >= 11 is 7.18. The Morgan fingerprint density at radius 1 is 1.37 bits per heavy atom. The Morgan fingerprint density at radius 2 is 2.16 bits per heavy atom. The third-order valence-electron chi connectivity index (χ3n) is 4.16. The molecule has 0 spiro atoms. The van der Waals surface area contributed by atoms with Crippen LogP contribution in [-0.2, 0) is 0 Å². The molecule has 1 aliphatic carbocycles. The quantitative estimate of drug-likeness (QED) is 0.857. The van der Waals surface area contributed by atoms with Crippen molar-refractivity contribution in [2.75, 3.05) is 20.1 Å². The maximum Gasteiger partial charge on any atom is 0.0721 e. The van der Waals surface area contributed by atoms with Gasteiger partial charge in [-0.1, -0.05) is 0 Å². The number of rotatable bonds is 4. The Hall–Kier alpha value is 0.0300. The molecule has 0 bridgehead atoms. The molecule has 0 radical (unpaired) electrons. The second kappa shape index (κ2) is 5.80. The molecule has 104 valence electrons. The molecule has 3 rings (SSSR count). The number of pyridine rings is 1. The van der Waals surface area contributed by atoms with Crippen LogP contribution in [0.3, 0.4) is 0 Å². The third kappa shape index (κ3) is 2.89. The number of hydrogen-bond donors (Lipinski definition) is 1. The lowest BCUT2D eigenvalue weighted by atomic mass is 9.97. The Balaban J connectivity index is 1.91. The van der Waals surface area contributed by atoms with Gasteiger partial charge in [0.05, 0.1) is 11.7 Å². The minimum Gasteiger partial charge on any atom is -0.319 e. The van der Waals surface area contributed by atoms with Crippen molar-refractivity contribution in [3.05, 3.63) is 26.9 Å². The smallest absolute Gasteiger partial charge is 0.0721 e. The number of halogens is 2. The van der Waals surface area contributed by atoms with Gasteiger partial charge in [0.2, 0.25) is 0 Å². The molecule has 0 amide bonds. The minimum absolute atomic E-state index is 0.461. The number of aromatic nitrogens is 1. The standard InChI is InChI=1S/C14H19Br2N3/c1-17-7-9-4-5-19(11-2-3-11)14(9)13-12(16)6-10(15)8-18-13/h6,8-9,11,14,17H,2-5,7H2,1H3. The fraction of sp³-hybridized carbons (Fsp3) is 0.643. The first-order valence-corrected chi connectivity index (χ1v) is 8.50. The van der Waals surface area contributed by atoms with Crippen LogP contribution in [0.5, 0.6) is 0 Å². The van der Waals surface area contributed by atoms with Crippen molar-refractivity contribution >= 4 is 31.9 Å². The first-order chi connectivity index (χ1) is 9.20. The summed E-state index contributed by atoms with van der Waals surface area (Å²) in [6.07, 6.45) is 5.90. The van der Waals surface area contributed by atoms with Crippen molar-refractivity contribution in [2.45, 2.75) is 31.3 Å². The Labute approximate surface area is 131 Å². The number of nitrogens with zero attached hydrogens (tertiary/aromatic N) is 2. The number of likely N-dealkylation sites (tertiary alicyclic amines) is 1. The molecule has 19 heavy (non-hydrogen) atoms. The SMILES string of the molecule is CNCC1CCN(C2CC2)C1c1ncc(Br)cc1Br. The van der Waals surface area contributed by atoms with Crippen LogP contribution in [0.4, 0.5) is 0 Å². The molecule has 1 aromatic rings. The van der Waals surface area contributed by atoms with Gasteiger partial charge in [0, 0.05) is 21.2 Å². The van der Waals surface area contributed by atoms with E-state index in [1.165, 1.54) is 31.5 Å². The summed E-state index contributed by atoms with van der Waals surface area (Å²) in [4.78, 5) is 7.36. The van der Waals surface area contributed by atoms with E-state index in [1.54, 1.807) is 0 Å². The average molecular weight is 389 g/mol. The molecule has 1 aliphatic heterocycles. The van der Waals surface area contributed by atoms with Gasteiger partial charge in [-0.2, -0.15) is 0 Å². The maximum absolute atomic E-state index is 4.69. The van der Waals surface area contributed by atoms with Crippen LogP contribution in [0.1, 0.15) is 31.0 Å². The molecule has 2 fully saturated rings. The molecular formula is C14H19Br2N3. The van der Waals surface area contributed by atoms with Crippen LogP contribution < -0.4 is 5.32 Å². The molecule has 1 aromatic heterocycles. The molecule has 1 saturated heterocycles. The van der Waals surface area contributed by atoms with E-state index in [9.17, 15) is 0 Å². The Kier molecular flexibility index (Phi) is 4.27. The van der Waals surface area contributed by atoms with E-state index in [2.05, 4.69) is 53.1 Å². The van der Waals surface area contributed by atoms with E-state index in [-0.39, 0.29) is 0 Å². The molecule has 0 aromatic carbocycles. The lowest BCUT2D eigenvalue weighted by molar-refractivity contribution is 0.212. The first-order valence-electron chi connectivity index (χ1n) is 6.92. The second-order valence-corrected chi connectivity index (χ2v) is 7.31. The fourth-order valence-corrected chi connectivity index (χ4v) is 4.42. The van der Waals surface area contributed by atoms with Gasteiger partial charge >= 0.3 is 0 Å². The summed E-state index contributed by atoms with van der Waals surface area (Å²) in [7, 11) is 2.04. The van der Waals surface area contributed by atoms with E-state index in [1.807, 2.05) is 13.2 Å². The van der Waals surface area contributed by atoms with Crippen LogP contribution >= 0.6 is 31.9 Å². The van der Waals surface area contributed by atoms with Crippen LogP contribution in [0.2, 0.25) is 0 Å². The summed E-state index contributed by atoms with van der Waals surface area (Å²) in [6, 6.07) is 3.37. The molecule has 1 saturated carbocycles. The highest BCUT2D eigenvalue weighted by Crippen LogP contribution is 2.45. The highest BCUT2D eigenvalue weighted by atomic mass is 79.9. The largest absolute Gasteiger partial charge is 0.319 e. The molecular weight excluding hydrogens is 370 g/mol. The van der Waals surface area contributed by atoms with Crippen molar-refractivity contribution in [1.82, 2.24) is 15.2 Å². The summed E-state index contributed by atoms with van der Waals surface area (Å²) in [5, 5.41) is 3.34. The molecule has 2 atom stereocenters. The van der Waals surface area contributed by atoms with Crippen LogP contribution in [0.15, 0.2) is 21.2 Å². The third-order valence-corrected chi connectivity index (χ3v) is 5.23. The summed E-state index contributed by atoms with van der Waals surface area (Å²) in [5.74, 6) is 0.663. The minimum atomic E-state index is 0.461. The summed E-state index contributed by atoms with van der Waals surface area (Å²) in [6.45, 7) is 2.28. The predicted octanol–water partition coefficient (Wildman–Crippen LogP) is 3.35. The van der Waals surface area contributed by atoms with E-state index in [0.29, 0.717) is 12.0 Å². The van der Waals surface area contributed by atoms with Crippen molar-refractivity contribution in [1.29, 1.82) is 0 Å². The molecule has 2 unspecified atom stereocenters. The zero-order chi connectivity index (χ0) is 13.4. The normalized spacial score (nSPS) is 27.9. The van der Waals surface area contributed by atoms with Gasteiger partial charge in [-0.3, -0.25) is 9.88 Å².